The van der Waals surface area contributed by atoms with Crippen LogP contribution in [0.4, 0.5) is 0 Å². The van der Waals surface area contributed by atoms with Crippen LogP contribution in [0.15, 0.2) is 0 Å². The Morgan fingerprint density at radius 3 is 2.36 bits per heavy atom. The Bertz CT molecular complexity index is 234. The molecule has 7 heteroatoms. The van der Waals surface area contributed by atoms with Crippen LogP contribution in [-0.2, 0) is 14.8 Å². The summed E-state index contributed by atoms with van der Waals surface area (Å²) in [6.07, 6.45) is 0.970. The summed E-state index contributed by atoms with van der Waals surface area (Å²) in [4.78, 5) is 10.4. The molecule has 0 aromatic heterocycles. The van der Waals surface area contributed by atoms with E-state index in [0.717, 1.165) is 10.6 Å². The minimum atomic E-state index is -3.35. The van der Waals surface area contributed by atoms with E-state index in [2.05, 4.69) is 0 Å². The van der Waals surface area contributed by atoms with Crippen LogP contribution < -0.4 is 5.48 Å². The summed E-state index contributed by atoms with van der Waals surface area (Å²) in [5.74, 6) is -0.766. The molecule has 66 valence electrons. The molecule has 0 atom stereocenters. The van der Waals surface area contributed by atoms with Gasteiger partial charge in [-0.25, -0.2) is 13.9 Å². The molecule has 11 heavy (non-hydrogen) atoms. The SMILES string of the molecule is CN(CC(=O)NO)S(C)(=O)=O. The molecule has 0 radical (unpaired) electrons. The average molecular weight is 182 g/mol. The van der Waals surface area contributed by atoms with Crippen LogP contribution in [0.3, 0.4) is 0 Å². The van der Waals surface area contributed by atoms with Gasteiger partial charge in [-0.05, 0) is 0 Å². The highest BCUT2D eigenvalue weighted by Gasteiger charge is 2.13. The first-order valence-electron chi connectivity index (χ1n) is 2.72. The number of likely N-dealkylation sites (N-methyl/N-ethyl adjacent to an activating group) is 1. The molecule has 0 rings (SSSR count). The quantitative estimate of drug-likeness (QED) is 0.406. The van der Waals surface area contributed by atoms with Crippen LogP contribution in [0.1, 0.15) is 0 Å². The molecule has 0 heterocycles. The maximum absolute atomic E-state index is 10.6. The van der Waals surface area contributed by atoms with Gasteiger partial charge in [0, 0.05) is 7.05 Å². The summed E-state index contributed by atoms with van der Waals surface area (Å²) in [7, 11) is -2.11. The van der Waals surface area contributed by atoms with Gasteiger partial charge in [-0.15, -0.1) is 0 Å². The van der Waals surface area contributed by atoms with Gasteiger partial charge in [0.25, 0.3) is 5.91 Å². The van der Waals surface area contributed by atoms with Crippen molar-refractivity contribution in [3.05, 3.63) is 0 Å². The van der Waals surface area contributed by atoms with Crippen LogP contribution in [0.2, 0.25) is 0 Å². The van der Waals surface area contributed by atoms with E-state index in [0.29, 0.717) is 0 Å². The van der Waals surface area contributed by atoms with Crippen molar-refractivity contribution in [2.24, 2.45) is 0 Å². The molecule has 6 nitrogen and oxygen atoms in total. The van der Waals surface area contributed by atoms with Gasteiger partial charge in [0.15, 0.2) is 0 Å². The first-order valence-corrected chi connectivity index (χ1v) is 4.57. The van der Waals surface area contributed by atoms with E-state index in [1.807, 2.05) is 0 Å². The third-order valence-electron chi connectivity index (χ3n) is 1.06. The number of amides is 1. The van der Waals surface area contributed by atoms with E-state index in [1.54, 1.807) is 0 Å². The van der Waals surface area contributed by atoms with E-state index in [-0.39, 0.29) is 6.54 Å². The van der Waals surface area contributed by atoms with Gasteiger partial charge in [-0.2, -0.15) is 4.31 Å². The summed E-state index contributed by atoms with van der Waals surface area (Å²) in [6, 6.07) is 0. The molecule has 0 aliphatic rings. The normalized spacial score (nSPS) is 11.6. The van der Waals surface area contributed by atoms with Crippen LogP contribution in [0.25, 0.3) is 0 Å². The number of hydrogen-bond donors (Lipinski definition) is 2. The van der Waals surface area contributed by atoms with Crippen molar-refractivity contribution in [3.8, 4) is 0 Å². The molecule has 0 aromatic rings. The molecule has 0 unspecified atom stereocenters. The second-order valence-electron chi connectivity index (χ2n) is 2.05. The number of hydroxylamine groups is 1. The van der Waals surface area contributed by atoms with Crippen LogP contribution in [0.5, 0.6) is 0 Å². The molecule has 0 fully saturated rings. The van der Waals surface area contributed by atoms with E-state index in [9.17, 15) is 13.2 Å². The Morgan fingerprint density at radius 2 is 2.09 bits per heavy atom. The first kappa shape index (κ1) is 10.3. The minimum Gasteiger partial charge on any atom is -0.289 e. The molecular weight excluding hydrogens is 172 g/mol. The van der Waals surface area contributed by atoms with Crippen molar-refractivity contribution >= 4 is 15.9 Å². The third kappa shape index (κ3) is 3.91. The summed E-state index contributed by atoms with van der Waals surface area (Å²) in [5.41, 5.74) is 1.32. The topological polar surface area (TPSA) is 86.7 Å². The highest BCUT2D eigenvalue weighted by molar-refractivity contribution is 7.88. The summed E-state index contributed by atoms with van der Waals surface area (Å²) < 4.78 is 22.1. The van der Waals surface area contributed by atoms with Gasteiger partial charge in [0.1, 0.15) is 0 Å². The molecule has 0 aliphatic heterocycles. The predicted molar refractivity (Wildman–Crippen MR) is 37.4 cm³/mol. The Balaban J connectivity index is 4.10. The molecule has 0 spiro atoms. The molecule has 0 aliphatic carbocycles. The van der Waals surface area contributed by atoms with E-state index >= 15 is 0 Å². The largest absolute Gasteiger partial charge is 0.289 e. The molecular formula is C4H10N2O4S. The Labute approximate surface area is 64.8 Å². The first-order chi connectivity index (χ1) is 4.88. The fraction of sp³-hybridized carbons (Fsp3) is 0.750. The summed E-state index contributed by atoms with van der Waals surface area (Å²) in [5, 5.41) is 8.03. The molecule has 0 bridgehead atoms. The third-order valence-corrected chi connectivity index (χ3v) is 2.32. The number of hydrogen-bond acceptors (Lipinski definition) is 4. The zero-order valence-electron chi connectivity index (χ0n) is 6.23. The number of rotatable bonds is 3. The fourth-order valence-electron chi connectivity index (χ4n) is 0.355. The van der Waals surface area contributed by atoms with Crippen molar-refractivity contribution in [2.45, 2.75) is 0 Å². The van der Waals surface area contributed by atoms with E-state index in [4.69, 9.17) is 5.21 Å². The second-order valence-corrected chi connectivity index (χ2v) is 4.14. The maximum Gasteiger partial charge on any atom is 0.258 e. The standard InChI is InChI=1S/C4H10N2O4S/c1-6(11(2,9)10)3-4(7)5-8/h8H,3H2,1-2H3,(H,5,7). The highest BCUT2D eigenvalue weighted by atomic mass is 32.2. The molecule has 0 aromatic carbocycles. The van der Waals surface area contributed by atoms with Crippen molar-refractivity contribution in [3.63, 3.8) is 0 Å². The number of carbonyl (C=O) groups is 1. The van der Waals surface area contributed by atoms with Crippen LogP contribution >= 0.6 is 0 Å². The lowest BCUT2D eigenvalue weighted by atomic mass is 10.6. The molecule has 0 saturated carbocycles. The number of nitrogens with zero attached hydrogens (tertiary/aromatic N) is 1. The van der Waals surface area contributed by atoms with Crippen molar-refractivity contribution in [1.29, 1.82) is 0 Å². The lowest BCUT2D eigenvalue weighted by molar-refractivity contribution is -0.129. The van der Waals surface area contributed by atoms with Crippen molar-refractivity contribution in [2.75, 3.05) is 19.8 Å². The van der Waals surface area contributed by atoms with Crippen LogP contribution in [-0.4, -0.2) is 43.7 Å². The van der Waals surface area contributed by atoms with Crippen LogP contribution in [0, 0.1) is 0 Å². The smallest absolute Gasteiger partial charge is 0.258 e. The number of carbonyl (C=O) groups excluding carboxylic acids is 1. The monoisotopic (exact) mass is 182 g/mol. The maximum atomic E-state index is 10.6. The minimum absolute atomic E-state index is 0.380. The van der Waals surface area contributed by atoms with Gasteiger partial charge >= 0.3 is 0 Å². The van der Waals surface area contributed by atoms with Gasteiger partial charge in [-0.3, -0.25) is 10.0 Å². The number of nitrogens with one attached hydrogen (secondary N) is 1. The summed E-state index contributed by atoms with van der Waals surface area (Å²) >= 11 is 0. The Kier molecular flexibility index (Phi) is 3.43. The fourth-order valence-corrected chi connectivity index (χ4v) is 0.707. The predicted octanol–water partition coefficient (Wildman–Crippen LogP) is -1.62. The summed E-state index contributed by atoms with van der Waals surface area (Å²) in [6.45, 7) is -0.380. The zero-order chi connectivity index (χ0) is 9.07. The molecule has 2 N–H and O–H groups in total. The molecule has 0 saturated heterocycles. The molecule has 1 amide bonds. The average Bonchev–Trinajstić information content (AvgIpc) is 1.85. The van der Waals surface area contributed by atoms with E-state index in [1.165, 1.54) is 12.5 Å². The van der Waals surface area contributed by atoms with E-state index < -0.39 is 15.9 Å². The van der Waals surface area contributed by atoms with Gasteiger partial charge in [-0.1, -0.05) is 0 Å². The van der Waals surface area contributed by atoms with Crippen molar-refractivity contribution in [1.82, 2.24) is 9.79 Å². The van der Waals surface area contributed by atoms with Gasteiger partial charge in [0.05, 0.1) is 12.8 Å². The highest BCUT2D eigenvalue weighted by Crippen LogP contribution is 1.90. The Morgan fingerprint density at radius 1 is 1.64 bits per heavy atom. The van der Waals surface area contributed by atoms with Gasteiger partial charge < -0.3 is 0 Å². The Hall–Kier alpha value is -0.660. The lowest BCUT2D eigenvalue weighted by Gasteiger charge is -2.11. The van der Waals surface area contributed by atoms with Gasteiger partial charge in [0.2, 0.25) is 10.0 Å². The lowest BCUT2D eigenvalue weighted by Crippen LogP contribution is -2.36. The van der Waals surface area contributed by atoms with Crippen molar-refractivity contribution < 1.29 is 18.4 Å². The second kappa shape index (κ2) is 3.65. The zero-order valence-corrected chi connectivity index (χ0v) is 7.05. The number of sulfonamides is 1.